The van der Waals surface area contributed by atoms with E-state index in [1.807, 2.05) is 35.9 Å². The van der Waals surface area contributed by atoms with Gasteiger partial charge in [0.15, 0.2) is 15.0 Å². The van der Waals surface area contributed by atoms with Crippen LogP contribution >= 0.6 is 23.4 Å². The normalized spacial score (nSPS) is 20.0. The lowest BCUT2D eigenvalue weighted by Crippen LogP contribution is -2.11. The fraction of sp³-hybridized carbons (Fsp3) is 0.467. The first-order valence-corrected chi connectivity index (χ1v) is 10.6. The van der Waals surface area contributed by atoms with E-state index in [-0.39, 0.29) is 11.7 Å². The van der Waals surface area contributed by atoms with Gasteiger partial charge in [0.1, 0.15) is 5.82 Å². The third kappa shape index (κ3) is 4.28. The van der Waals surface area contributed by atoms with E-state index in [4.69, 9.17) is 11.6 Å². The minimum Gasteiger partial charge on any atom is -0.309 e. The van der Waals surface area contributed by atoms with Gasteiger partial charge in [0.25, 0.3) is 0 Å². The Hall–Kier alpha value is -1.05. The SMILES string of the molecule is Cn1c(CC2CCS(=O)(=O)C2)nnc1SCc1cccc(Cl)c1. The highest BCUT2D eigenvalue weighted by Crippen LogP contribution is 2.25. The molecule has 0 amide bonds. The van der Waals surface area contributed by atoms with Gasteiger partial charge >= 0.3 is 0 Å². The molecule has 0 bridgehead atoms. The third-order valence-electron chi connectivity index (χ3n) is 3.98. The quantitative estimate of drug-likeness (QED) is 0.756. The number of sulfone groups is 1. The van der Waals surface area contributed by atoms with Crippen molar-refractivity contribution in [2.45, 2.75) is 23.8 Å². The number of hydrogen-bond donors (Lipinski definition) is 0. The van der Waals surface area contributed by atoms with E-state index in [9.17, 15) is 8.42 Å². The van der Waals surface area contributed by atoms with Crippen molar-refractivity contribution in [2.24, 2.45) is 13.0 Å². The molecule has 0 aliphatic carbocycles. The summed E-state index contributed by atoms with van der Waals surface area (Å²) >= 11 is 7.59. The van der Waals surface area contributed by atoms with Crippen LogP contribution in [0, 0.1) is 5.92 Å². The van der Waals surface area contributed by atoms with E-state index in [0.29, 0.717) is 12.2 Å². The van der Waals surface area contributed by atoms with Crippen LogP contribution in [0.25, 0.3) is 0 Å². The van der Waals surface area contributed by atoms with Crippen LogP contribution in [0.5, 0.6) is 0 Å². The predicted octanol–water partition coefficient (Wildman–Crippen LogP) is 2.74. The molecule has 0 spiro atoms. The highest BCUT2D eigenvalue weighted by Gasteiger charge is 2.29. The number of rotatable bonds is 5. The topological polar surface area (TPSA) is 64.8 Å². The third-order valence-corrected chi connectivity index (χ3v) is 7.14. The molecule has 1 aromatic heterocycles. The highest BCUT2D eigenvalue weighted by atomic mass is 35.5. The molecule has 5 nitrogen and oxygen atoms in total. The van der Waals surface area contributed by atoms with Crippen molar-refractivity contribution < 1.29 is 8.42 Å². The number of hydrogen-bond acceptors (Lipinski definition) is 5. The van der Waals surface area contributed by atoms with Gasteiger partial charge < -0.3 is 4.57 Å². The molecular formula is C15H18ClN3O2S2. The average molecular weight is 372 g/mol. The van der Waals surface area contributed by atoms with Crippen molar-refractivity contribution >= 4 is 33.2 Å². The monoisotopic (exact) mass is 371 g/mol. The van der Waals surface area contributed by atoms with Crippen LogP contribution in [0.3, 0.4) is 0 Å². The van der Waals surface area contributed by atoms with Gasteiger partial charge in [-0.2, -0.15) is 0 Å². The fourth-order valence-corrected chi connectivity index (χ4v) is 5.66. The number of halogens is 1. The number of benzene rings is 1. The maximum absolute atomic E-state index is 11.6. The Kier molecular flexibility index (Phi) is 4.98. The molecule has 1 aliphatic rings. The second-order valence-corrected chi connectivity index (χ2v) is 9.46. The van der Waals surface area contributed by atoms with Crippen LogP contribution in [-0.2, 0) is 29.1 Å². The molecule has 1 aliphatic heterocycles. The van der Waals surface area contributed by atoms with E-state index in [0.717, 1.165) is 33.7 Å². The standard InChI is InChI=1S/C15H18ClN3O2S2/c1-19-14(8-12-5-6-23(20,21)10-12)17-18-15(19)22-9-11-3-2-4-13(16)7-11/h2-4,7,12H,5-6,8-10H2,1H3. The second kappa shape index (κ2) is 6.83. The van der Waals surface area contributed by atoms with Crippen molar-refractivity contribution in [3.8, 4) is 0 Å². The Morgan fingerprint density at radius 1 is 1.39 bits per heavy atom. The summed E-state index contributed by atoms with van der Waals surface area (Å²) in [5.41, 5.74) is 1.13. The maximum atomic E-state index is 11.6. The van der Waals surface area contributed by atoms with E-state index in [2.05, 4.69) is 10.2 Å². The molecule has 124 valence electrons. The van der Waals surface area contributed by atoms with Crippen LogP contribution in [0.1, 0.15) is 17.8 Å². The molecule has 0 saturated carbocycles. The average Bonchev–Trinajstić information content (AvgIpc) is 3.01. The summed E-state index contributed by atoms with van der Waals surface area (Å²) in [6.07, 6.45) is 1.39. The number of aromatic nitrogens is 3. The first kappa shape index (κ1) is 16.8. The molecule has 1 atom stereocenters. The lowest BCUT2D eigenvalue weighted by molar-refractivity contribution is 0.552. The summed E-state index contributed by atoms with van der Waals surface area (Å²) < 4.78 is 25.1. The van der Waals surface area contributed by atoms with Gasteiger partial charge in [-0.25, -0.2) is 8.42 Å². The van der Waals surface area contributed by atoms with Crippen LogP contribution < -0.4 is 0 Å². The van der Waals surface area contributed by atoms with Gasteiger partial charge in [-0.05, 0) is 30.0 Å². The molecular weight excluding hydrogens is 354 g/mol. The minimum absolute atomic E-state index is 0.161. The minimum atomic E-state index is -2.85. The van der Waals surface area contributed by atoms with E-state index >= 15 is 0 Å². The molecule has 1 aromatic carbocycles. The van der Waals surface area contributed by atoms with Crippen molar-refractivity contribution in [3.05, 3.63) is 40.7 Å². The van der Waals surface area contributed by atoms with Crippen LogP contribution in [-0.4, -0.2) is 34.7 Å². The van der Waals surface area contributed by atoms with Gasteiger partial charge in [-0.3, -0.25) is 0 Å². The summed E-state index contributed by atoms with van der Waals surface area (Å²) in [4.78, 5) is 0. The van der Waals surface area contributed by atoms with Crippen LogP contribution in [0.4, 0.5) is 0 Å². The van der Waals surface area contributed by atoms with Gasteiger partial charge in [-0.15, -0.1) is 10.2 Å². The predicted molar refractivity (Wildman–Crippen MR) is 92.5 cm³/mol. The molecule has 1 unspecified atom stereocenters. The molecule has 3 rings (SSSR count). The Morgan fingerprint density at radius 2 is 2.22 bits per heavy atom. The van der Waals surface area contributed by atoms with Gasteiger partial charge in [0.2, 0.25) is 0 Å². The van der Waals surface area contributed by atoms with E-state index < -0.39 is 9.84 Å². The highest BCUT2D eigenvalue weighted by molar-refractivity contribution is 7.98. The summed E-state index contributed by atoms with van der Waals surface area (Å²) in [7, 11) is -0.917. The van der Waals surface area contributed by atoms with Crippen molar-refractivity contribution in [2.75, 3.05) is 11.5 Å². The number of nitrogens with zero attached hydrogens (tertiary/aromatic N) is 3. The van der Waals surface area contributed by atoms with E-state index in [1.165, 1.54) is 0 Å². The summed E-state index contributed by atoms with van der Waals surface area (Å²) in [6, 6.07) is 7.75. The summed E-state index contributed by atoms with van der Waals surface area (Å²) in [5, 5.41) is 10.0. The van der Waals surface area contributed by atoms with Crippen molar-refractivity contribution in [1.82, 2.24) is 14.8 Å². The zero-order valence-electron chi connectivity index (χ0n) is 12.8. The molecule has 2 aromatic rings. The van der Waals surface area contributed by atoms with Crippen LogP contribution in [0.2, 0.25) is 5.02 Å². The lowest BCUT2D eigenvalue weighted by atomic mass is 10.1. The Labute approximate surface area is 145 Å². The lowest BCUT2D eigenvalue weighted by Gasteiger charge is -2.07. The Balaban J connectivity index is 1.63. The largest absolute Gasteiger partial charge is 0.309 e. The molecule has 8 heteroatoms. The first-order valence-electron chi connectivity index (χ1n) is 7.39. The molecule has 0 radical (unpaired) electrons. The van der Waals surface area contributed by atoms with Gasteiger partial charge in [0.05, 0.1) is 11.5 Å². The maximum Gasteiger partial charge on any atom is 0.191 e. The van der Waals surface area contributed by atoms with Gasteiger partial charge in [0, 0.05) is 24.2 Å². The number of thioether (sulfide) groups is 1. The molecule has 1 fully saturated rings. The fourth-order valence-electron chi connectivity index (χ4n) is 2.71. The van der Waals surface area contributed by atoms with Crippen molar-refractivity contribution in [3.63, 3.8) is 0 Å². The Bertz CT molecular complexity index is 805. The summed E-state index contributed by atoms with van der Waals surface area (Å²) in [6.45, 7) is 0. The summed E-state index contributed by atoms with van der Waals surface area (Å²) in [5.74, 6) is 2.34. The van der Waals surface area contributed by atoms with Crippen LogP contribution in [0.15, 0.2) is 29.4 Å². The first-order chi connectivity index (χ1) is 10.9. The zero-order chi connectivity index (χ0) is 16.4. The molecule has 1 saturated heterocycles. The molecule has 2 heterocycles. The second-order valence-electron chi connectivity index (χ2n) is 5.85. The molecule has 0 N–H and O–H groups in total. The Morgan fingerprint density at radius 3 is 2.91 bits per heavy atom. The zero-order valence-corrected chi connectivity index (χ0v) is 15.2. The van der Waals surface area contributed by atoms with Gasteiger partial charge in [-0.1, -0.05) is 35.5 Å². The van der Waals surface area contributed by atoms with E-state index in [1.54, 1.807) is 11.8 Å². The smallest absolute Gasteiger partial charge is 0.191 e. The van der Waals surface area contributed by atoms with Crippen molar-refractivity contribution in [1.29, 1.82) is 0 Å². The molecule has 23 heavy (non-hydrogen) atoms.